The lowest BCUT2D eigenvalue weighted by atomic mass is 9.78. The summed E-state index contributed by atoms with van der Waals surface area (Å²) < 4.78 is 0. The third kappa shape index (κ3) is 4.61. The predicted octanol–water partition coefficient (Wildman–Crippen LogP) is 2.95. The lowest BCUT2D eigenvalue weighted by molar-refractivity contribution is -0.158. The minimum Gasteiger partial charge on any atom is -0.390 e. The highest BCUT2D eigenvalue weighted by Gasteiger charge is 2.64. The number of hydrogen-bond donors (Lipinski definition) is 2. The fourth-order valence-corrected chi connectivity index (χ4v) is 3.68. The molecular weight excluding hydrogens is 332 g/mol. The van der Waals surface area contributed by atoms with Gasteiger partial charge in [0.1, 0.15) is 5.92 Å². The summed E-state index contributed by atoms with van der Waals surface area (Å²) >= 11 is 0. The Morgan fingerprint density at radius 3 is 2.04 bits per heavy atom. The van der Waals surface area contributed by atoms with Crippen molar-refractivity contribution in [1.82, 2.24) is 0 Å². The van der Waals surface area contributed by atoms with Gasteiger partial charge in [0.05, 0.1) is 12.0 Å². The first kappa shape index (κ1) is 23.0. The number of hydrogen-bond acceptors (Lipinski definition) is 5. The lowest BCUT2D eigenvalue weighted by Gasteiger charge is -2.33. The van der Waals surface area contributed by atoms with Crippen molar-refractivity contribution in [1.29, 1.82) is 0 Å². The summed E-state index contributed by atoms with van der Waals surface area (Å²) in [5.41, 5.74) is -2.14. The van der Waals surface area contributed by atoms with Crippen LogP contribution in [0.3, 0.4) is 0 Å². The van der Waals surface area contributed by atoms with Crippen molar-refractivity contribution in [3.8, 4) is 0 Å². The molecule has 3 unspecified atom stereocenters. The van der Waals surface area contributed by atoms with Crippen molar-refractivity contribution in [2.24, 2.45) is 29.6 Å². The highest BCUT2D eigenvalue weighted by Crippen LogP contribution is 2.42. The van der Waals surface area contributed by atoms with E-state index in [1.54, 1.807) is 6.92 Å². The molecule has 1 saturated carbocycles. The summed E-state index contributed by atoms with van der Waals surface area (Å²) in [6, 6.07) is 0. The zero-order valence-electron chi connectivity index (χ0n) is 17.1. The molecule has 5 atom stereocenters. The normalized spacial score (nSPS) is 28.8. The van der Waals surface area contributed by atoms with Gasteiger partial charge in [-0.1, -0.05) is 48.0 Å². The maximum absolute atomic E-state index is 13.0. The van der Waals surface area contributed by atoms with Gasteiger partial charge in [0.25, 0.3) is 0 Å². The summed E-state index contributed by atoms with van der Waals surface area (Å²) in [4.78, 5) is 38.5. The average Bonchev–Trinajstić information content (AvgIpc) is 2.76. The number of rotatable bonds is 10. The Morgan fingerprint density at radius 1 is 1.04 bits per heavy atom. The van der Waals surface area contributed by atoms with E-state index in [1.165, 1.54) is 0 Å². The highest BCUT2D eigenvalue weighted by molar-refractivity contribution is 6.27. The van der Waals surface area contributed by atoms with Crippen LogP contribution in [0.5, 0.6) is 0 Å². The van der Waals surface area contributed by atoms with E-state index in [0.29, 0.717) is 37.5 Å². The van der Waals surface area contributed by atoms with E-state index in [4.69, 9.17) is 0 Å². The van der Waals surface area contributed by atoms with E-state index in [-0.39, 0.29) is 6.42 Å². The Balaban J connectivity index is 3.21. The molecule has 1 fully saturated rings. The van der Waals surface area contributed by atoms with Crippen LogP contribution in [0.2, 0.25) is 0 Å². The number of carbonyl (C=O) groups is 3. The Hall–Kier alpha value is -1.07. The van der Waals surface area contributed by atoms with E-state index >= 15 is 0 Å². The quantitative estimate of drug-likeness (QED) is 0.579. The molecule has 5 heteroatoms. The number of aliphatic hydroxyl groups excluding tert-OH is 1. The van der Waals surface area contributed by atoms with Gasteiger partial charge in [-0.05, 0) is 37.5 Å². The first-order valence-electron chi connectivity index (χ1n) is 10.0. The van der Waals surface area contributed by atoms with Gasteiger partial charge >= 0.3 is 0 Å². The first-order chi connectivity index (χ1) is 12.0. The smallest absolute Gasteiger partial charge is 0.185 e. The molecule has 0 aromatic carbocycles. The van der Waals surface area contributed by atoms with Gasteiger partial charge in [-0.25, -0.2) is 0 Å². The van der Waals surface area contributed by atoms with E-state index in [9.17, 15) is 24.6 Å². The molecule has 0 spiro atoms. The molecule has 1 rings (SSSR count). The van der Waals surface area contributed by atoms with Crippen molar-refractivity contribution < 1.29 is 24.6 Å². The van der Waals surface area contributed by atoms with E-state index in [2.05, 4.69) is 0 Å². The maximum atomic E-state index is 13.0. The molecule has 0 saturated heterocycles. The van der Waals surface area contributed by atoms with Crippen molar-refractivity contribution >= 4 is 17.3 Å². The molecule has 26 heavy (non-hydrogen) atoms. The molecule has 0 radical (unpaired) electrons. The minimum atomic E-state index is -2.14. The fraction of sp³-hybridized carbons (Fsp3) is 0.857. The number of aliphatic hydroxyl groups is 2. The van der Waals surface area contributed by atoms with Crippen LogP contribution in [0.4, 0.5) is 0 Å². The topological polar surface area (TPSA) is 91.7 Å². The van der Waals surface area contributed by atoms with Gasteiger partial charge < -0.3 is 10.2 Å². The Morgan fingerprint density at radius 2 is 1.58 bits per heavy atom. The maximum Gasteiger partial charge on any atom is 0.185 e. The Labute approximate surface area is 157 Å². The summed E-state index contributed by atoms with van der Waals surface area (Å²) in [7, 11) is 0. The molecule has 0 aromatic rings. The van der Waals surface area contributed by atoms with Crippen LogP contribution in [0.1, 0.15) is 73.6 Å². The van der Waals surface area contributed by atoms with Crippen molar-refractivity contribution in [3.05, 3.63) is 0 Å². The van der Waals surface area contributed by atoms with Gasteiger partial charge in [0.2, 0.25) is 0 Å². The molecule has 0 amide bonds. The molecule has 0 aromatic heterocycles. The van der Waals surface area contributed by atoms with E-state index < -0.39 is 46.8 Å². The minimum absolute atomic E-state index is 0.232. The third-order valence-corrected chi connectivity index (χ3v) is 5.76. The zero-order valence-corrected chi connectivity index (χ0v) is 17.1. The molecule has 0 bridgehead atoms. The third-order valence-electron chi connectivity index (χ3n) is 5.76. The zero-order chi connectivity index (χ0) is 20.2. The lowest BCUT2D eigenvalue weighted by Crippen LogP contribution is -2.53. The molecule has 5 nitrogen and oxygen atoms in total. The van der Waals surface area contributed by atoms with E-state index in [1.807, 2.05) is 34.6 Å². The van der Waals surface area contributed by atoms with Crippen LogP contribution >= 0.6 is 0 Å². The van der Waals surface area contributed by atoms with Crippen LogP contribution in [-0.2, 0) is 14.4 Å². The van der Waals surface area contributed by atoms with Crippen LogP contribution < -0.4 is 0 Å². The van der Waals surface area contributed by atoms with Gasteiger partial charge in [-0.15, -0.1) is 0 Å². The SMILES string of the molecule is CCC(C)C(=O)C1C(=O)[C@@H](CCC(C)C)[C@](O)(C(O)CCC(C)C)C1=O. The van der Waals surface area contributed by atoms with Crippen LogP contribution in [0.25, 0.3) is 0 Å². The van der Waals surface area contributed by atoms with Crippen molar-refractivity contribution in [2.45, 2.75) is 85.4 Å². The molecule has 1 aliphatic rings. The summed E-state index contributed by atoms with van der Waals surface area (Å²) in [6.45, 7) is 11.5. The van der Waals surface area contributed by atoms with E-state index in [0.717, 1.165) is 0 Å². The van der Waals surface area contributed by atoms with Gasteiger partial charge in [0.15, 0.2) is 23.0 Å². The van der Waals surface area contributed by atoms with Gasteiger partial charge in [0, 0.05) is 5.92 Å². The van der Waals surface area contributed by atoms with Gasteiger partial charge in [-0.3, -0.25) is 14.4 Å². The van der Waals surface area contributed by atoms with Crippen molar-refractivity contribution in [3.63, 3.8) is 0 Å². The second kappa shape index (κ2) is 9.23. The average molecular weight is 369 g/mol. The second-order valence-electron chi connectivity index (χ2n) is 8.75. The molecule has 1 aliphatic carbocycles. The Kier molecular flexibility index (Phi) is 8.15. The van der Waals surface area contributed by atoms with Crippen LogP contribution in [0.15, 0.2) is 0 Å². The molecule has 0 aliphatic heterocycles. The predicted molar refractivity (Wildman–Crippen MR) is 101 cm³/mol. The Bertz CT molecular complexity index is 524. The molecular formula is C21H36O5. The number of Topliss-reactive ketones (excluding diaryl/α,β-unsaturated/α-hetero) is 3. The fourth-order valence-electron chi connectivity index (χ4n) is 3.68. The summed E-state index contributed by atoms with van der Waals surface area (Å²) in [6.07, 6.45) is 1.02. The summed E-state index contributed by atoms with van der Waals surface area (Å²) in [5, 5.41) is 21.8. The standard InChI is InChI=1S/C21H36O5/c1-7-14(6)18(23)17-19(24)15(10-8-12(2)3)21(26,20(17)25)16(22)11-9-13(4)5/h12-17,22,26H,7-11H2,1-6H3/t14?,15-,16?,17?,21+/m1/s1. The van der Waals surface area contributed by atoms with Gasteiger partial charge in [-0.2, -0.15) is 0 Å². The molecule has 2 N–H and O–H groups in total. The van der Waals surface area contributed by atoms with Crippen molar-refractivity contribution in [2.75, 3.05) is 0 Å². The highest BCUT2D eigenvalue weighted by atomic mass is 16.4. The summed E-state index contributed by atoms with van der Waals surface area (Å²) in [5.74, 6) is -3.99. The van der Waals surface area contributed by atoms with Crippen LogP contribution in [0, 0.1) is 29.6 Å². The molecule has 150 valence electrons. The monoisotopic (exact) mass is 368 g/mol. The largest absolute Gasteiger partial charge is 0.390 e. The van der Waals surface area contributed by atoms with Crippen LogP contribution in [-0.4, -0.2) is 39.3 Å². The first-order valence-corrected chi connectivity index (χ1v) is 10.0. The number of carbonyl (C=O) groups excluding carboxylic acids is 3. The second-order valence-corrected chi connectivity index (χ2v) is 8.75. The number of ketones is 3. The molecule has 0 heterocycles.